The van der Waals surface area contributed by atoms with E-state index in [2.05, 4.69) is 20.2 Å². The van der Waals surface area contributed by atoms with E-state index in [1.807, 2.05) is 0 Å². The van der Waals surface area contributed by atoms with Crippen molar-refractivity contribution in [1.29, 1.82) is 0 Å². The van der Waals surface area contributed by atoms with Gasteiger partial charge in [-0.15, -0.1) is 10.2 Å². The van der Waals surface area contributed by atoms with Crippen molar-refractivity contribution in [3.63, 3.8) is 0 Å². The maximum Gasteiger partial charge on any atom is 0.459 e. The van der Waals surface area contributed by atoms with Crippen molar-refractivity contribution in [2.75, 3.05) is 5.75 Å². The van der Waals surface area contributed by atoms with Gasteiger partial charge in [0.05, 0.1) is 16.1 Å². The second-order valence-electron chi connectivity index (χ2n) is 9.64. The Hall–Kier alpha value is -3.69. The summed E-state index contributed by atoms with van der Waals surface area (Å²) in [5, 5.41) is 6.46. The molecule has 0 amide bonds. The summed E-state index contributed by atoms with van der Waals surface area (Å²) >= 11 is 0. The second-order valence-corrected chi connectivity index (χ2v) is 11.9. The summed E-state index contributed by atoms with van der Waals surface area (Å²) < 4.78 is 134. The van der Waals surface area contributed by atoms with Crippen molar-refractivity contribution < 1.29 is 43.5 Å². The van der Waals surface area contributed by atoms with Crippen LogP contribution in [0.15, 0.2) is 47.5 Å². The molecule has 1 saturated carbocycles. The monoisotopic (exact) mass is 605 g/mol. The van der Waals surface area contributed by atoms with Crippen LogP contribution in [0.2, 0.25) is 0 Å². The predicted octanol–water partition coefficient (Wildman–Crippen LogP) is 6.13. The van der Waals surface area contributed by atoms with Gasteiger partial charge in [0.15, 0.2) is 21.3 Å². The molecular weight excluding hydrogens is 586 g/mol. The molecule has 0 aliphatic heterocycles. The molecule has 0 unspecified atom stereocenters. The zero-order valence-electron chi connectivity index (χ0n) is 21.1. The standard InChI is InChI=1S/C25H19F8N5O2S/c1-3-41(39,40)17-10-14(13-4-6-15(7-5-13)22(8-9-22)24(28,29)30)12-34-19(17)21-35-16-11-18(23(26,27)25(31,32)33)36-37-20(16)38(21)2/h4-7,10-12H,3,8-9H2,1-2H3. The molecule has 1 aromatic carbocycles. The number of pyridine rings is 1. The fourth-order valence-electron chi connectivity index (χ4n) is 4.50. The van der Waals surface area contributed by atoms with Gasteiger partial charge in [-0.25, -0.2) is 13.4 Å². The van der Waals surface area contributed by atoms with Crippen molar-refractivity contribution >= 4 is 21.0 Å². The molecule has 0 spiro atoms. The van der Waals surface area contributed by atoms with Crippen LogP contribution >= 0.6 is 0 Å². The summed E-state index contributed by atoms with van der Waals surface area (Å²) in [5.74, 6) is -5.89. The molecular formula is C25H19F8N5O2S. The maximum atomic E-state index is 13.8. The molecule has 1 aliphatic rings. The summed E-state index contributed by atoms with van der Waals surface area (Å²) in [4.78, 5) is 7.92. The summed E-state index contributed by atoms with van der Waals surface area (Å²) in [5.41, 5.74) is -3.69. The molecule has 4 aromatic rings. The Bertz CT molecular complexity index is 1760. The summed E-state index contributed by atoms with van der Waals surface area (Å²) in [7, 11) is -2.70. The zero-order valence-corrected chi connectivity index (χ0v) is 22.0. The van der Waals surface area contributed by atoms with Crippen molar-refractivity contribution in [3.05, 3.63) is 53.9 Å². The van der Waals surface area contributed by atoms with Crippen LogP contribution in [-0.2, 0) is 28.2 Å². The molecule has 7 nitrogen and oxygen atoms in total. The fourth-order valence-corrected chi connectivity index (χ4v) is 5.56. The molecule has 41 heavy (non-hydrogen) atoms. The Morgan fingerprint density at radius 2 is 1.56 bits per heavy atom. The Kier molecular flexibility index (Phi) is 6.44. The Morgan fingerprint density at radius 3 is 2.10 bits per heavy atom. The van der Waals surface area contributed by atoms with Gasteiger partial charge in [-0.1, -0.05) is 31.2 Å². The van der Waals surface area contributed by atoms with Crippen LogP contribution in [0.5, 0.6) is 0 Å². The number of hydrogen-bond donors (Lipinski definition) is 0. The summed E-state index contributed by atoms with van der Waals surface area (Å²) in [6, 6.07) is 7.17. The van der Waals surface area contributed by atoms with Gasteiger partial charge in [0.25, 0.3) is 0 Å². The maximum absolute atomic E-state index is 13.8. The first-order valence-electron chi connectivity index (χ1n) is 12.0. The number of fused-ring (bicyclic) bond motifs is 1. The number of nitrogens with zero attached hydrogens (tertiary/aromatic N) is 5. The van der Waals surface area contributed by atoms with Gasteiger partial charge in [-0.3, -0.25) is 4.98 Å². The van der Waals surface area contributed by atoms with Gasteiger partial charge in [0.1, 0.15) is 16.9 Å². The lowest BCUT2D eigenvalue weighted by Crippen LogP contribution is -2.34. The number of aromatic nitrogens is 5. The van der Waals surface area contributed by atoms with Crippen molar-refractivity contribution in [1.82, 2.24) is 24.7 Å². The highest BCUT2D eigenvalue weighted by Crippen LogP contribution is 2.59. The third kappa shape index (κ3) is 4.61. The summed E-state index contributed by atoms with van der Waals surface area (Å²) in [6.45, 7) is 1.36. The highest BCUT2D eigenvalue weighted by atomic mass is 32.2. The van der Waals surface area contributed by atoms with E-state index in [4.69, 9.17) is 0 Å². The van der Waals surface area contributed by atoms with E-state index in [1.54, 1.807) is 0 Å². The van der Waals surface area contributed by atoms with Gasteiger partial charge < -0.3 is 4.57 Å². The Labute approximate surface area is 227 Å². The van der Waals surface area contributed by atoms with Gasteiger partial charge in [0.2, 0.25) is 0 Å². The third-order valence-corrected chi connectivity index (χ3v) is 8.88. The van der Waals surface area contributed by atoms with E-state index >= 15 is 0 Å². The minimum Gasteiger partial charge on any atom is -0.309 e. The minimum absolute atomic E-state index is 0.0251. The number of alkyl halides is 8. The molecule has 16 heteroatoms. The topological polar surface area (TPSA) is 90.6 Å². The van der Waals surface area contributed by atoms with Crippen LogP contribution in [0.3, 0.4) is 0 Å². The van der Waals surface area contributed by atoms with Gasteiger partial charge >= 0.3 is 18.3 Å². The lowest BCUT2D eigenvalue weighted by molar-refractivity contribution is -0.291. The molecule has 5 rings (SSSR count). The van der Waals surface area contributed by atoms with Crippen molar-refractivity contribution in [3.8, 4) is 22.6 Å². The van der Waals surface area contributed by atoms with Crippen LogP contribution < -0.4 is 0 Å². The van der Waals surface area contributed by atoms with E-state index < -0.39 is 44.7 Å². The van der Waals surface area contributed by atoms with Crippen LogP contribution in [0.1, 0.15) is 31.0 Å². The number of rotatable bonds is 6. The molecule has 3 aromatic heterocycles. The van der Waals surface area contributed by atoms with Gasteiger partial charge in [-0.05, 0) is 36.1 Å². The molecule has 0 bridgehead atoms. The first kappa shape index (κ1) is 28.8. The van der Waals surface area contributed by atoms with E-state index in [-0.39, 0.29) is 51.8 Å². The average Bonchev–Trinajstić information content (AvgIpc) is 3.67. The molecule has 0 N–H and O–H groups in total. The predicted molar refractivity (Wildman–Crippen MR) is 130 cm³/mol. The molecule has 0 radical (unpaired) electrons. The lowest BCUT2D eigenvalue weighted by Gasteiger charge is -2.20. The summed E-state index contributed by atoms with van der Waals surface area (Å²) in [6.07, 6.45) is -9.13. The van der Waals surface area contributed by atoms with Crippen molar-refractivity contribution in [2.24, 2.45) is 7.05 Å². The van der Waals surface area contributed by atoms with Gasteiger partial charge in [0, 0.05) is 18.8 Å². The zero-order chi connectivity index (χ0) is 30.2. The minimum atomic E-state index is -5.93. The van der Waals surface area contributed by atoms with Crippen LogP contribution in [0.4, 0.5) is 35.1 Å². The average molecular weight is 606 g/mol. The molecule has 1 aliphatic carbocycles. The number of benzene rings is 1. The van der Waals surface area contributed by atoms with Crippen LogP contribution in [-0.4, -0.2) is 51.3 Å². The van der Waals surface area contributed by atoms with Gasteiger partial charge in [-0.2, -0.15) is 35.1 Å². The number of sulfone groups is 1. The molecule has 0 atom stereocenters. The fraction of sp³-hybridized carbons (Fsp3) is 0.360. The van der Waals surface area contributed by atoms with Crippen molar-refractivity contribution in [2.45, 2.75) is 48.4 Å². The Balaban J connectivity index is 1.60. The van der Waals surface area contributed by atoms with E-state index in [1.165, 1.54) is 50.5 Å². The first-order chi connectivity index (χ1) is 18.9. The lowest BCUT2D eigenvalue weighted by atomic mass is 9.93. The number of aryl methyl sites for hydroxylation is 1. The van der Waals surface area contributed by atoms with Crippen LogP contribution in [0.25, 0.3) is 33.8 Å². The first-order valence-corrected chi connectivity index (χ1v) is 13.6. The number of imidazole rings is 1. The molecule has 1 fully saturated rings. The highest BCUT2D eigenvalue weighted by molar-refractivity contribution is 7.91. The quantitative estimate of drug-likeness (QED) is 0.246. The second kappa shape index (κ2) is 9.16. The molecule has 218 valence electrons. The smallest absolute Gasteiger partial charge is 0.309 e. The van der Waals surface area contributed by atoms with E-state index in [9.17, 15) is 43.5 Å². The normalized spacial score (nSPS) is 15.9. The highest BCUT2D eigenvalue weighted by Gasteiger charge is 2.64. The Morgan fingerprint density at radius 1 is 0.927 bits per heavy atom. The van der Waals surface area contributed by atoms with E-state index in [0.717, 1.165) is 4.57 Å². The third-order valence-electron chi connectivity index (χ3n) is 7.14. The number of halogens is 8. The number of hydrogen-bond acceptors (Lipinski definition) is 6. The molecule has 0 saturated heterocycles. The molecule has 3 heterocycles. The van der Waals surface area contributed by atoms with Crippen LogP contribution in [0, 0.1) is 0 Å². The SMILES string of the molecule is CCS(=O)(=O)c1cc(-c2ccc(C3(C(F)(F)F)CC3)cc2)cnc1-c1nc2cc(C(F)(F)C(F)(F)F)nnc2n1C. The van der Waals surface area contributed by atoms with E-state index in [0.29, 0.717) is 11.6 Å². The largest absolute Gasteiger partial charge is 0.459 e.